The number of fused-ring (bicyclic) bond motifs is 1. The third-order valence-corrected chi connectivity index (χ3v) is 6.70. The minimum Gasteiger partial charge on any atom is -0.493 e. The van der Waals surface area contributed by atoms with Gasteiger partial charge in [-0.2, -0.15) is 0 Å². The molecule has 2 heterocycles. The molecule has 2 aliphatic heterocycles. The lowest BCUT2D eigenvalue weighted by atomic mass is 9.90. The van der Waals surface area contributed by atoms with Crippen molar-refractivity contribution in [3.05, 3.63) is 83.9 Å². The van der Waals surface area contributed by atoms with Crippen LogP contribution in [0.2, 0.25) is 0 Å². The summed E-state index contributed by atoms with van der Waals surface area (Å²) in [5.74, 6) is -0.127. The third-order valence-electron chi connectivity index (χ3n) is 6.70. The van der Waals surface area contributed by atoms with Crippen molar-refractivity contribution < 1.29 is 23.9 Å². The first-order valence-electron chi connectivity index (χ1n) is 12.3. The summed E-state index contributed by atoms with van der Waals surface area (Å²) in [7, 11) is 1.60. The monoisotopic (exact) mass is 486 g/mol. The normalized spacial score (nSPS) is 21.1. The van der Waals surface area contributed by atoms with Gasteiger partial charge in [0.05, 0.1) is 31.1 Å². The highest BCUT2D eigenvalue weighted by Gasteiger charge is 2.60. The summed E-state index contributed by atoms with van der Waals surface area (Å²) in [5, 5.41) is 1.68. The van der Waals surface area contributed by atoms with Crippen molar-refractivity contribution in [1.29, 1.82) is 0 Å². The molecule has 2 aliphatic rings. The molecule has 3 atom stereocenters. The predicted molar refractivity (Wildman–Crippen MR) is 137 cm³/mol. The summed E-state index contributed by atoms with van der Waals surface area (Å²) in [5.41, 5.74) is 3.17. The van der Waals surface area contributed by atoms with E-state index in [9.17, 15) is 9.59 Å². The van der Waals surface area contributed by atoms with Crippen LogP contribution in [0.15, 0.2) is 72.8 Å². The lowest BCUT2D eigenvalue weighted by molar-refractivity contribution is -0.126. The molecule has 0 unspecified atom stereocenters. The van der Waals surface area contributed by atoms with Gasteiger partial charge in [-0.05, 0) is 55.3 Å². The van der Waals surface area contributed by atoms with Crippen LogP contribution in [0, 0.1) is 12.8 Å². The van der Waals surface area contributed by atoms with Crippen LogP contribution in [0.1, 0.15) is 36.9 Å². The van der Waals surface area contributed by atoms with Gasteiger partial charge in [0.25, 0.3) is 5.91 Å². The van der Waals surface area contributed by atoms with Crippen molar-refractivity contribution >= 4 is 23.2 Å². The van der Waals surface area contributed by atoms with Crippen LogP contribution in [-0.4, -0.2) is 31.6 Å². The zero-order valence-corrected chi connectivity index (χ0v) is 20.7. The van der Waals surface area contributed by atoms with E-state index in [0.717, 1.165) is 29.7 Å². The molecule has 0 bridgehead atoms. The molecule has 7 nitrogen and oxygen atoms in total. The summed E-state index contributed by atoms with van der Waals surface area (Å²) in [6.45, 7) is 4.67. The maximum absolute atomic E-state index is 13.8. The summed E-state index contributed by atoms with van der Waals surface area (Å²) < 4.78 is 11.5. The molecule has 186 valence electrons. The number of anilines is 2. The van der Waals surface area contributed by atoms with Gasteiger partial charge in [-0.15, -0.1) is 0 Å². The molecular formula is C29H30N2O5. The van der Waals surface area contributed by atoms with Gasteiger partial charge in [0.15, 0.2) is 17.6 Å². The van der Waals surface area contributed by atoms with E-state index in [-0.39, 0.29) is 11.8 Å². The fraction of sp³-hybridized carbons (Fsp3) is 0.310. The Morgan fingerprint density at radius 2 is 1.64 bits per heavy atom. The summed E-state index contributed by atoms with van der Waals surface area (Å²) >= 11 is 0. The fourth-order valence-electron chi connectivity index (χ4n) is 4.81. The van der Waals surface area contributed by atoms with E-state index in [4.69, 9.17) is 14.3 Å². The Balaban J connectivity index is 1.54. The topological polar surface area (TPSA) is 68.3 Å². The molecule has 2 amide bonds. The van der Waals surface area contributed by atoms with E-state index in [1.165, 1.54) is 4.90 Å². The standard InChI is InChI=1S/C29H30N2O5/c1-4-5-17-35-23-16-13-20(18-24(23)34-3)26-25-27(36-31(26)22-9-7-6-8-10-22)29(33)30(28(25)32)21-14-11-19(2)12-15-21/h6-16,18,25-27H,4-5,17H2,1-3H3/t25-,26+,27+/m1/s1. The number of imide groups is 1. The van der Waals surface area contributed by atoms with Gasteiger partial charge in [-0.3, -0.25) is 14.4 Å². The van der Waals surface area contributed by atoms with E-state index >= 15 is 0 Å². The highest BCUT2D eigenvalue weighted by Crippen LogP contribution is 2.48. The molecule has 0 spiro atoms. The number of rotatable bonds is 8. The van der Waals surface area contributed by atoms with E-state index in [0.29, 0.717) is 23.8 Å². The van der Waals surface area contributed by atoms with Crippen molar-refractivity contribution in [3.63, 3.8) is 0 Å². The van der Waals surface area contributed by atoms with Crippen LogP contribution < -0.4 is 19.4 Å². The second kappa shape index (κ2) is 10.0. The van der Waals surface area contributed by atoms with Gasteiger partial charge in [0.2, 0.25) is 5.91 Å². The Hall–Kier alpha value is -3.84. The molecule has 3 aromatic rings. The lowest BCUT2D eigenvalue weighted by Gasteiger charge is -2.29. The number of amides is 2. The quantitative estimate of drug-likeness (QED) is 0.321. The molecule has 0 N–H and O–H groups in total. The Morgan fingerprint density at radius 3 is 2.33 bits per heavy atom. The number of hydrogen-bond donors (Lipinski definition) is 0. The molecular weight excluding hydrogens is 456 g/mol. The average molecular weight is 487 g/mol. The highest BCUT2D eigenvalue weighted by atomic mass is 16.7. The van der Waals surface area contributed by atoms with Gasteiger partial charge in [0.1, 0.15) is 5.92 Å². The summed E-state index contributed by atoms with van der Waals surface area (Å²) in [6, 6.07) is 22.0. The van der Waals surface area contributed by atoms with Gasteiger partial charge in [-0.25, -0.2) is 9.96 Å². The van der Waals surface area contributed by atoms with Crippen LogP contribution in [0.25, 0.3) is 0 Å². The van der Waals surface area contributed by atoms with Crippen molar-refractivity contribution in [2.75, 3.05) is 23.7 Å². The first-order valence-corrected chi connectivity index (χ1v) is 12.3. The second-order valence-corrected chi connectivity index (χ2v) is 9.12. The number of unbranched alkanes of at least 4 members (excludes halogenated alkanes) is 1. The molecule has 0 aromatic heterocycles. The maximum atomic E-state index is 13.8. The van der Waals surface area contributed by atoms with E-state index in [1.54, 1.807) is 24.3 Å². The number of para-hydroxylation sites is 1. The third kappa shape index (κ3) is 4.20. The Bertz CT molecular complexity index is 1240. The number of carbonyl (C=O) groups excluding carboxylic acids is 2. The second-order valence-electron chi connectivity index (χ2n) is 9.12. The largest absolute Gasteiger partial charge is 0.493 e. The number of benzene rings is 3. The number of hydroxylamine groups is 1. The molecule has 0 aliphatic carbocycles. The SMILES string of the molecule is CCCCOc1ccc([C@H]2[C@H]3C(=O)N(c4ccc(C)cc4)C(=O)[C@H]3ON2c2ccccc2)cc1OC. The average Bonchev–Trinajstić information content (AvgIpc) is 3.41. The minimum atomic E-state index is -0.921. The molecule has 2 fully saturated rings. The van der Waals surface area contributed by atoms with Crippen LogP contribution in [0.5, 0.6) is 11.5 Å². The number of hydrogen-bond acceptors (Lipinski definition) is 6. The van der Waals surface area contributed by atoms with Crippen molar-refractivity contribution in [2.45, 2.75) is 38.8 Å². The van der Waals surface area contributed by atoms with Gasteiger partial charge >= 0.3 is 0 Å². The first kappa shape index (κ1) is 23.9. The Morgan fingerprint density at radius 1 is 0.889 bits per heavy atom. The zero-order valence-electron chi connectivity index (χ0n) is 20.7. The van der Waals surface area contributed by atoms with Crippen LogP contribution in [0.4, 0.5) is 11.4 Å². The smallest absolute Gasteiger partial charge is 0.266 e. The molecule has 7 heteroatoms. The van der Waals surface area contributed by atoms with Crippen molar-refractivity contribution in [3.8, 4) is 11.5 Å². The predicted octanol–water partition coefficient (Wildman–Crippen LogP) is 5.23. The maximum Gasteiger partial charge on any atom is 0.266 e. The van der Waals surface area contributed by atoms with Gasteiger partial charge in [0, 0.05) is 0 Å². The van der Waals surface area contributed by atoms with E-state index in [1.807, 2.05) is 67.6 Å². The fourth-order valence-corrected chi connectivity index (χ4v) is 4.81. The Kier molecular flexibility index (Phi) is 6.65. The Labute approximate surface area is 211 Å². The molecule has 2 saturated heterocycles. The number of methoxy groups -OCH3 is 1. The first-order chi connectivity index (χ1) is 17.5. The highest BCUT2D eigenvalue weighted by molar-refractivity contribution is 6.23. The van der Waals surface area contributed by atoms with Crippen LogP contribution in [0.3, 0.4) is 0 Å². The van der Waals surface area contributed by atoms with Gasteiger partial charge in [-0.1, -0.05) is 55.3 Å². The lowest BCUT2D eigenvalue weighted by Crippen LogP contribution is -2.37. The van der Waals surface area contributed by atoms with E-state index in [2.05, 4.69) is 6.92 Å². The van der Waals surface area contributed by atoms with Crippen LogP contribution in [-0.2, 0) is 14.4 Å². The minimum absolute atomic E-state index is 0.278. The zero-order chi connectivity index (χ0) is 25.2. The number of aryl methyl sites for hydroxylation is 1. The molecule has 5 rings (SSSR count). The van der Waals surface area contributed by atoms with Gasteiger partial charge < -0.3 is 9.47 Å². The summed E-state index contributed by atoms with van der Waals surface area (Å²) in [6.07, 6.45) is 1.05. The number of ether oxygens (including phenoxy) is 2. The van der Waals surface area contributed by atoms with Crippen molar-refractivity contribution in [2.24, 2.45) is 5.92 Å². The molecule has 0 saturated carbocycles. The number of carbonyl (C=O) groups is 2. The van der Waals surface area contributed by atoms with Crippen molar-refractivity contribution in [1.82, 2.24) is 0 Å². The molecule has 3 aromatic carbocycles. The van der Waals surface area contributed by atoms with Crippen LogP contribution >= 0.6 is 0 Å². The molecule has 36 heavy (non-hydrogen) atoms. The molecule has 0 radical (unpaired) electrons. The van der Waals surface area contributed by atoms with E-state index < -0.39 is 18.1 Å². The summed E-state index contributed by atoms with van der Waals surface area (Å²) in [4.78, 5) is 34.7. The number of nitrogens with zero attached hydrogens (tertiary/aromatic N) is 2.